The van der Waals surface area contributed by atoms with Gasteiger partial charge in [-0.2, -0.15) is 0 Å². The maximum absolute atomic E-state index is 6.59. The zero-order valence-electron chi connectivity index (χ0n) is 14.0. The third-order valence-electron chi connectivity index (χ3n) is 3.68. The first-order valence-electron chi connectivity index (χ1n) is 8.48. The number of hydrogen-bond acceptors (Lipinski definition) is 1. The Morgan fingerprint density at radius 2 is 1.42 bits per heavy atom. The summed E-state index contributed by atoms with van der Waals surface area (Å²) in [7, 11) is -1.48. The van der Waals surface area contributed by atoms with E-state index in [-0.39, 0.29) is 0 Å². The zero-order chi connectivity index (χ0) is 14.6. The van der Waals surface area contributed by atoms with Crippen LogP contribution in [0.15, 0.2) is 12.2 Å². The Labute approximate surface area is 123 Å². The number of unbranched alkanes of at least 4 members (excludes halogenated alkanes) is 2. The number of allylic oxidation sites excluding steroid dienone is 1. The molecule has 0 N–H and O–H groups in total. The molecule has 0 heterocycles. The average Bonchev–Trinajstić information content (AvgIpc) is 2.35. The van der Waals surface area contributed by atoms with Crippen LogP contribution in [0.1, 0.15) is 73.1 Å². The highest BCUT2D eigenvalue weighted by molar-refractivity contribution is 6.73. The molecule has 1 unspecified atom stereocenters. The molecule has 0 aromatic rings. The van der Waals surface area contributed by atoms with Crippen LogP contribution in [-0.2, 0) is 4.43 Å². The highest BCUT2D eigenvalue weighted by atomic mass is 28.4. The predicted molar refractivity (Wildman–Crippen MR) is 90.3 cm³/mol. The second-order valence-corrected chi connectivity index (χ2v) is 9.93. The van der Waals surface area contributed by atoms with Gasteiger partial charge >= 0.3 is 0 Å². The monoisotopic (exact) mass is 284 g/mol. The summed E-state index contributed by atoms with van der Waals surface area (Å²) in [5.74, 6) is 0. The van der Waals surface area contributed by atoms with Crippen molar-refractivity contribution in [1.82, 2.24) is 0 Å². The molecule has 0 aliphatic carbocycles. The molecule has 0 aliphatic heterocycles. The van der Waals surface area contributed by atoms with Crippen LogP contribution in [-0.4, -0.2) is 14.4 Å². The van der Waals surface area contributed by atoms with E-state index in [1.165, 1.54) is 56.7 Å². The minimum Gasteiger partial charge on any atom is -0.411 e. The Balaban J connectivity index is 4.46. The molecular weight excluding hydrogens is 248 g/mol. The fraction of sp³-hybridized carbons (Fsp3) is 0.882. The van der Waals surface area contributed by atoms with Crippen LogP contribution < -0.4 is 0 Å². The summed E-state index contributed by atoms with van der Waals surface area (Å²) in [6.07, 6.45) is 12.5. The second kappa shape index (κ2) is 11.7. The van der Waals surface area contributed by atoms with Gasteiger partial charge in [-0.1, -0.05) is 72.0 Å². The third-order valence-corrected chi connectivity index (χ3v) is 8.79. The smallest absolute Gasteiger partial charge is 0.193 e. The van der Waals surface area contributed by atoms with E-state index in [9.17, 15) is 0 Å². The van der Waals surface area contributed by atoms with E-state index in [0.717, 1.165) is 0 Å². The average molecular weight is 285 g/mol. The first kappa shape index (κ1) is 18.9. The lowest BCUT2D eigenvalue weighted by atomic mass is 10.2. The molecule has 19 heavy (non-hydrogen) atoms. The molecule has 0 aromatic heterocycles. The third kappa shape index (κ3) is 8.64. The van der Waals surface area contributed by atoms with E-state index in [1.807, 2.05) is 0 Å². The molecule has 0 bridgehead atoms. The lowest BCUT2D eigenvalue weighted by Crippen LogP contribution is -2.40. The first-order chi connectivity index (χ1) is 9.14. The number of rotatable bonds is 12. The van der Waals surface area contributed by atoms with Crippen LogP contribution in [0.25, 0.3) is 0 Å². The summed E-state index contributed by atoms with van der Waals surface area (Å²) in [4.78, 5) is 0. The highest BCUT2D eigenvalue weighted by Gasteiger charge is 2.33. The second-order valence-electron chi connectivity index (χ2n) is 5.83. The van der Waals surface area contributed by atoms with Gasteiger partial charge in [0.1, 0.15) is 0 Å². The lowest BCUT2D eigenvalue weighted by Gasteiger charge is -2.33. The fourth-order valence-corrected chi connectivity index (χ4v) is 7.67. The van der Waals surface area contributed by atoms with Gasteiger partial charge in [0.2, 0.25) is 0 Å². The van der Waals surface area contributed by atoms with Gasteiger partial charge in [0.05, 0.1) is 6.10 Å². The maximum atomic E-state index is 6.59. The molecule has 0 spiro atoms. The Morgan fingerprint density at radius 3 is 1.84 bits per heavy atom. The van der Waals surface area contributed by atoms with Gasteiger partial charge in [-0.3, -0.25) is 0 Å². The maximum Gasteiger partial charge on any atom is 0.193 e. The predicted octanol–water partition coefficient (Wildman–Crippen LogP) is 6.31. The van der Waals surface area contributed by atoms with E-state index in [2.05, 4.69) is 46.8 Å². The van der Waals surface area contributed by atoms with Gasteiger partial charge in [0, 0.05) is 0 Å². The molecule has 114 valence electrons. The molecule has 0 fully saturated rings. The van der Waals surface area contributed by atoms with E-state index in [4.69, 9.17) is 4.43 Å². The quantitative estimate of drug-likeness (QED) is 0.232. The normalized spacial score (nSPS) is 14.2. The van der Waals surface area contributed by atoms with Crippen molar-refractivity contribution in [3.63, 3.8) is 0 Å². The van der Waals surface area contributed by atoms with Crippen molar-refractivity contribution < 1.29 is 4.43 Å². The molecule has 2 heteroatoms. The van der Waals surface area contributed by atoms with Crippen molar-refractivity contribution in [2.75, 3.05) is 0 Å². The largest absolute Gasteiger partial charge is 0.411 e. The fourth-order valence-electron chi connectivity index (χ4n) is 2.96. The van der Waals surface area contributed by atoms with E-state index in [1.54, 1.807) is 0 Å². The zero-order valence-corrected chi connectivity index (χ0v) is 15.0. The Kier molecular flexibility index (Phi) is 11.7. The molecule has 1 nitrogen and oxygen atoms in total. The van der Waals surface area contributed by atoms with E-state index < -0.39 is 8.32 Å². The minimum absolute atomic E-state index is 0.313. The molecule has 0 rings (SSSR count). The topological polar surface area (TPSA) is 9.23 Å². The molecule has 0 amide bonds. The van der Waals surface area contributed by atoms with Crippen molar-refractivity contribution >= 4 is 8.32 Å². The summed E-state index contributed by atoms with van der Waals surface area (Å²) in [6.45, 7) is 11.4. The van der Waals surface area contributed by atoms with Crippen molar-refractivity contribution in [3.8, 4) is 0 Å². The van der Waals surface area contributed by atoms with Crippen molar-refractivity contribution in [3.05, 3.63) is 12.2 Å². The van der Waals surface area contributed by atoms with Gasteiger partial charge in [-0.05, 0) is 31.5 Å². The van der Waals surface area contributed by atoms with Crippen LogP contribution in [0.3, 0.4) is 0 Å². The van der Waals surface area contributed by atoms with Gasteiger partial charge in [0.15, 0.2) is 8.32 Å². The molecule has 0 radical (unpaired) electrons. The van der Waals surface area contributed by atoms with E-state index in [0.29, 0.717) is 6.10 Å². The molecular formula is C17H36OSi. The van der Waals surface area contributed by atoms with Gasteiger partial charge in [0.25, 0.3) is 0 Å². The molecule has 0 aromatic carbocycles. The molecule has 0 saturated heterocycles. The standard InChI is InChI=1S/C17H36OSi/c1-6-10-11-12-13-17(5)18-19(14-7-2,15-8-3)16-9-4/h12-13,17H,6-11,14-16H2,1-5H3/b13-12+. The van der Waals surface area contributed by atoms with Gasteiger partial charge in [-0.15, -0.1) is 0 Å². The van der Waals surface area contributed by atoms with Crippen molar-refractivity contribution in [1.29, 1.82) is 0 Å². The summed E-state index contributed by atoms with van der Waals surface area (Å²) < 4.78 is 6.59. The number of hydrogen-bond donors (Lipinski definition) is 0. The molecule has 0 aliphatic rings. The van der Waals surface area contributed by atoms with Gasteiger partial charge < -0.3 is 4.43 Å². The Bertz CT molecular complexity index is 208. The summed E-state index contributed by atoms with van der Waals surface area (Å²) >= 11 is 0. The molecule has 1 atom stereocenters. The van der Waals surface area contributed by atoms with Crippen LogP contribution >= 0.6 is 0 Å². The van der Waals surface area contributed by atoms with Crippen molar-refractivity contribution in [2.24, 2.45) is 0 Å². The van der Waals surface area contributed by atoms with Gasteiger partial charge in [-0.25, -0.2) is 0 Å². The van der Waals surface area contributed by atoms with Crippen molar-refractivity contribution in [2.45, 2.75) is 97.4 Å². The van der Waals surface area contributed by atoms with E-state index >= 15 is 0 Å². The van der Waals surface area contributed by atoms with Crippen LogP contribution in [0.2, 0.25) is 18.1 Å². The van der Waals surface area contributed by atoms with Crippen LogP contribution in [0, 0.1) is 0 Å². The summed E-state index contributed by atoms with van der Waals surface area (Å²) in [5, 5.41) is 0. The minimum atomic E-state index is -1.48. The Hall–Kier alpha value is -0.0831. The first-order valence-corrected chi connectivity index (χ1v) is 11.0. The SMILES string of the molecule is CCCC/C=C/C(C)O[Si](CCC)(CCC)CCC. The van der Waals surface area contributed by atoms with Crippen LogP contribution in [0.4, 0.5) is 0 Å². The molecule has 0 saturated carbocycles. The highest BCUT2D eigenvalue weighted by Crippen LogP contribution is 2.29. The summed E-state index contributed by atoms with van der Waals surface area (Å²) in [5.41, 5.74) is 0. The Morgan fingerprint density at radius 1 is 0.895 bits per heavy atom. The van der Waals surface area contributed by atoms with Crippen LogP contribution in [0.5, 0.6) is 0 Å². The lowest BCUT2D eigenvalue weighted by molar-refractivity contribution is 0.248. The summed E-state index contributed by atoms with van der Waals surface area (Å²) in [6, 6.07) is 4.01.